The molecule has 0 bridgehead atoms. The summed E-state index contributed by atoms with van der Waals surface area (Å²) in [6.45, 7) is 5.86. The van der Waals surface area contributed by atoms with E-state index in [2.05, 4.69) is 47.5 Å². The van der Waals surface area contributed by atoms with Gasteiger partial charge in [-0.2, -0.15) is 0 Å². The van der Waals surface area contributed by atoms with Crippen molar-refractivity contribution in [2.75, 3.05) is 52.4 Å². The normalized spacial score (nSPS) is 15.4. The number of likely N-dealkylation sites (tertiary alicyclic amines) is 1. The topological polar surface area (TPSA) is 433 Å². The van der Waals surface area contributed by atoms with Crippen molar-refractivity contribution in [1.82, 2.24) is 47.4 Å². The van der Waals surface area contributed by atoms with E-state index < -0.39 is 127 Å². The average molecular weight is 968 g/mol. The van der Waals surface area contributed by atoms with Gasteiger partial charge in [0.2, 0.25) is 53.2 Å². The highest BCUT2D eigenvalue weighted by Crippen LogP contribution is 2.18. The van der Waals surface area contributed by atoms with Crippen LogP contribution in [0.2, 0.25) is 0 Å². The first-order chi connectivity index (χ1) is 32.1. The minimum absolute atomic E-state index is 0.0428. The zero-order chi connectivity index (χ0) is 51.3. The number of carbonyl (C=O) groups excluding carboxylic acids is 9. The predicted molar refractivity (Wildman–Crippen MR) is 250 cm³/mol. The third-order valence-electron chi connectivity index (χ3n) is 10.6. The number of nitrogens with two attached hydrogens (primary N) is 5. The van der Waals surface area contributed by atoms with Crippen LogP contribution in [0.3, 0.4) is 0 Å². The predicted octanol–water partition coefficient (Wildman–Crippen LogP) is -5.19. The first kappa shape index (κ1) is 59.9. The summed E-state index contributed by atoms with van der Waals surface area (Å²) in [6.07, 6.45) is 3.88. The van der Waals surface area contributed by atoms with E-state index in [0.29, 0.717) is 51.6 Å². The van der Waals surface area contributed by atoms with Gasteiger partial charge in [-0.1, -0.05) is 34.1 Å². The molecule has 0 unspecified atom stereocenters. The van der Waals surface area contributed by atoms with Crippen molar-refractivity contribution < 1.29 is 53.1 Å². The number of aliphatic imine (C=N–C) groups is 1. The van der Waals surface area contributed by atoms with Crippen molar-refractivity contribution in [3.63, 3.8) is 0 Å². The van der Waals surface area contributed by atoms with Gasteiger partial charge in [0.15, 0.2) is 5.96 Å². The fourth-order valence-electron chi connectivity index (χ4n) is 6.97. The molecule has 26 nitrogen and oxygen atoms in total. The summed E-state index contributed by atoms with van der Waals surface area (Å²) in [7, 11) is 0. The SMILES string of the molecule is CC(C)C[C@H](NC(=O)[C@H](CCCN=C(N)N)NC(=O)[C@@H](NC(=O)[C@@H](N)CCCCN)C(C)C)C(=O)NCC(=O)N1CCC[C@H]1C(=O)N[C@@H](CCCCN)C(=O)NCC(=O)NCC(=O)NCC(=O)O. The Bertz CT molecular complexity index is 1730. The number of hydrogen-bond donors (Lipinski definition) is 14. The first-order valence-corrected chi connectivity index (χ1v) is 23.1. The van der Waals surface area contributed by atoms with E-state index in [-0.39, 0.29) is 57.1 Å². The Balaban J connectivity index is 3.08. The van der Waals surface area contributed by atoms with Crippen molar-refractivity contribution in [3.8, 4) is 0 Å². The third kappa shape index (κ3) is 24.0. The standard InChI is InChI=1S/C42H77N15O11/c1-24(2)19-29(55-39(66)28(13-9-17-48-42(46)47)54-41(68)35(25(3)4)56-36(63)26(45)11-5-7-15-43)38(65)52-22-33(60)57-18-10-14-30(57)40(67)53-27(12-6-8-16-44)37(64)51-21-32(59)49-20-31(58)50-23-34(61)62/h24-30,35H,5-23,43-45H2,1-4H3,(H,49,59)(H,50,58)(H,51,64)(H,52,65)(H,53,67)(H,54,68)(H,55,66)(H,56,63)(H,61,62)(H4,46,47,48)/t26-,27-,28-,29-,30-,35-/m0/s1. The highest BCUT2D eigenvalue weighted by molar-refractivity contribution is 5.97. The molecule has 0 aromatic heterocycles. The Hall–Kier alpha value is -6.15. The van der Waals surface area contributed by atoms with Gasteiger partial charge in [-0.25, -0.2) is 0 Å². The Labute approximate surface area is 397 Å². The number of aliphatic carboxylic acids is 1. The Kier molecular flexibility index (Phi) is 28.6. The van der Waals surface area contributed by atoms with Crippen LogP contribution in [0, 0.1) is 11.8 Å². The lowest BCUT2D eigenvalue weighted by Crippen LogP contribution is -2.59. The van der Waals surface area contributed by atoms with E-state index in [9.17, 15) is 47.9 Å². The van der Waals surface area contributed by atoms with Gasteiger partial charge >= 0.3 is 5.97 Å². The number of nitrogens with one attached hydrogen (secondary N) is 8. The van der Waals surface area contributed by atoms with Crippen molar-refractivity contribution in [1.29, 1.82) is 0 Å². The smallest absolute Gasteiger partial charge is 0.322 e. The zero-order valence-electron chi connectivity index (χ0n) is 39.9. The summed E-state index contributed by atoms with van der Waals surface area (Å²) in [5, 5.41) is 28.7. The van der Waals surface area contributed by atoms with Crippen LogP contribution < -0.4 is 71.2 Å². The van der Waals surface area contributed by atoms with Crippen LogP contribution in [-0.2, 0) is 47.9 Å². The van der Waals surface area contributed by atoms with E-state index in [4.69, 9.17) is 33.8 Å². The second-order valence-corrected chi connectivity index (χ2v) is 17.3. The largest absolute Gasteiger partial charge is 0.480 e. The lowest BCUT2D eigenvalue weighted by Gasteiger charge is -2.28. The van der Waals surface area contributed by atoms with Crippen LogP contribution >= 0.6 is 0 Å². The fraction of sp³-hybridized carbons (Fsp3) is 0.738. The van der Waals surface area contributed by atoms with Gasteiger partial charge in [-0.15, -0.1) is 0 Å². The number of nitrogens with zero attached hydrogens (tertiary/aromatic N) is 2. The Morgan fingerprint density at radius 1 is 0.632 bits per heavy atom. The number of guanidine groups is 1. The molecule has 26 heteroatoms. The Morgan fingerprint density at radius 3 is 1.76 bits per heavy atom. The van der Waals surface area contributed by atoms with Crippen LogP contribution in [0.5, 0.6) is 0 Å². The molecule has 1 saturated heterocycles. The summed E-state index contributed by atoms with van der Waals surface area (Å²) in [4.78, 5) is 134. The number of carboxylic acid groups (broad SMARTS) is 1. The van der Waals surface area contributed by atoms with Gasteiger partial charge in [-0.3, -0.25) is 52.9 Å². The van der Waals surface area contributed by atoms with E-state index in [1.165, 1.54) is 4.90 Å². The van der Waals surface area contributed by atoms with E-state index >= 15 is 0 Å². The van der Waals surface area contributed by atoms with Gasteiger partial charge < -0.3 is 81.2 Å². The maximum absolute atomic E-state index is 13.9. The minimum Gasteiger partial charge on any atom is -0.480 e. The van der Waals surface area contributed by atoms with Gasteiger partial charge in [0.25, 0.3) is 0 Å². The molecule has 0 aromatic carbocycles. The highest BCUT2D eigenvalue weighted by Gasteiger charge is 2.37. The molecule has 6 atom stereocenters. The molecular weight excluding hydrogens is 891 g/mol. The molecule has 0 aliphatic carbocycles. The zero-order valence-corrected chi connectivity index (χ0v) is 39.9. The summed E-state index contributed by atoms with van der Waals surface area (Å²) < 4.78 is 0. The summed E-state index contributed by atoms with van der Waals surface area (Å²) >= 11 is 0. The maximum atomic E-state index is 13.9. The molecule has 386 valence electrons. The molecular formula is C42H77N15O11. The highest BCUT2D eigenvalue weighted by atomic mass is 16.4. The molecule has 1 rings (SSSR count). The molecule has 0 aromatic rings. The monoisotopic (exact) mass is 968 g/mol. The molecule has 1 fully saturated rings. The van der Waals surface area contributed by atoms with E-state index in [0.717, 1.165) is 0 Å². The summed E-state index contributed by atoms with van der Waals surface area (Å²) in [5.74, 6) is -8.06. The second-order valence-electron chi connectivity index (χ2n) is 17.3. The van der Waals surface area contributed by atoms with Crippen molar-refractivity contribution in [3.05, 3.63) is 0 Å². The van der Waals surface area contributed by atoms with E-state index in [1.807, 2.05) is 13.8 Å². The van der Waals surface area contributed by atoms with Gasteiger partial charge in [-0.05, 0) is 89.1 Å². The molecule has 1 heterocycles. The lowest BCUT2D eigenvalue weighted by molar-refractivity contribution is -0.140. The molecule has 68 heavy (non-hydrogen) atoms. The fourth-order valence-corrected chi connectivity index (χ4v) is 6.97. The molecule has 0 radical (unpaired) electrons. The molecule has 1 aliphatic rings. The molecule has 0 spiro atoms. The third-order valence-corrected chi connectivity index (χ3v) is 10.6. The number of hydrogen-bond acceptors (Lipinski definition) is 14. The van der Waals surface area contributed by atoms with Crippen molar-refractivity contribution >= 4 is 65.1 Å². The molecule has 9 amide bonds. The van der Waals surface area contributed by atoms with Crippen molar-refractivity contribution in [2.24, 2.45) is 45.5 Å². The van der Waals surface area contributed by atoms with Gasteiger partial charge in [0, 0.05) is 13.1 Å². The average Bonchev–Trinajstić information content (AvgIpc) is 3.78. The minimum atomic E-state index is -1.27. The number of rotatable bonds is 33. The van der Waals surface area contributed by atoms with Crippen LogP contribution in [0.25, 0.3) is 0 Å². The Morgan fingerprint density at radius 2 is 1.18 bits per heavy atom. The van der Waals surface area contributed by atoms with Crippen LogP contribution in [0.4, 0.5) is 0 Å². The number of carboxylic acids is 1. The van der Waals surface area contributed by atoms with Crippen LogP contribution in [0.1, 0.15) is 98.3 Å². The molecule has 19 N–H and O–H groups in total. The van der Waals surface area contributed by atoms with Crippen LogP contribution in [0.15, 0.2) is 4.99 Å². The summed E-state index contributed by atoms with van der Waals surface area (Å²) in [5.41, 5.74) is 28.2. The first-order valence-electron chi connectivity index (χ1n) is 23.1. The quantitative estimate of drug-likeness (QED) is 0.0166. The molecule has 0 saturated carbocycles. The molecule has 1 aliphatic heterocycles. The maximum Gasteiger partial charge on any atom is 0.322 e. The number of amides is 9. The van der Waals surface area contributed by atoms with Gasteiger partial charge in [0.1, 0.15) is 36.8 Å². The second kappa shape index (κ2) is 32.5. The number of carbonyl (C=O) groups is 10. The lowest BCUT2D eigenvalue weighted by atomic mass is 10.00. The summed E-state index contributed by atoms with van der Waals surface area (Å²) in [6, 6.07) is -6.44. The number of unbranched alkanes of at least 4 members (excludes halogenated alkanes) is 2. The van der Waals surface area contributed by atoms with E-state index in [1.54, 1.807) is 13.8 Å². The van der Waals surface area contributed by atoms with Crippen molar-refractivity contribution in [2.45, 2.75) is 135 Å². The van der Waals surface area contributed by atoms with Gasteiger partial charge in [0.05, 0.1) is 25.7 Å². The van der Waals surface area contributed by atoms with Crippen LogP contribution in [-0.4, -0.2) is 164 Å².